The number of anilines is 1. The Morgan fingerprint density at radius 3 is 2.75 bits per heavy atom. The fraction of sp³-hybridized carbons (Fsp3) is 0.688. The SMILES string of the molecule is CNc1cnccc1C1CC(N)C(OC)C(C(C)C)C1. The van der Waals surface area contributed by atoms with E-state index in [0.29, 0.717) is 17.8 Å². The molecule has 1 aromatic rings. The summed E-state index contributed by atoms with van der Waals surface area (Å²) in [5.41, 5.74) is 8.82. The molecule has 0 spiro atoms. The second-order valence-corrected chi connectivity index (χ2v) is 6.15. The molecule has 4 atom stereocenters. The number of ether oxygens (including phenoxy) is 1. The number of nitrogens with zero attached hydrogens (tertiary/aromatic N) is 1. The van der Waals surface area contributed by atoms with Gasteiger partial charge in [0, 0.05) is 26.4 Å². The molecule has 0 bridgehead atoms. The van der Waals surface area contributed by atoms with Crippen molar-refractivity contribution in [3.05, 3.63) is 24.0 Å². The van der Waals surface area contributed by atoms with Gasteiger partial charge in [0.2, 0.25) is 0 Å². The minimum Gasteiger partial charge on any atom is -0.387 e. The van der Waals surface area contributed by atoms with Crippen molar-refractivity contribution in [3.63, 3.8) is 0 Å². The molecule has 1 aliphatic rings. The highest BCUT2D eigenvalue weighted by atomic mass is 16.5. The Morgan fingerprint density at radius 1 is 1.40 bits per heavy atom. The molecule has 4 heteroatoms. The Balaban J connectivity index is 2.26. The molecular formula is C16H27N3O. The van der Waals surface area contributed by atoms with Gasteiger partial charge in [0.05, 0.1) is 18.0 Å². The molecule has 1 heterocycles. The summed E-state index contributed by atoms with van der Waals surface area (Å²) in [6.45, 7) is 4.52. The maximum absolute atomic E-state index is 6.38. The van der Waals surface area contributed by atoms with Crippen LogP contribution in [-0.2, 0) is 4.74 Å². The average molecular weight is 277 g/mol. The van der Waals surface area contributed by atoms with Crippen molar-refractivity contribution in [2.45, 2.75) is 44.8 Å². The molecule has 2 rings (SSSR count). The summed E-state index contributed by atoms with van der Waals surface area (Å²) in [7, 11) is 3.73. The van der Waals surface area contributed by atoms with Crippen molar-refractivity contribution in [1.29, 1.82) is 0 Å². The normalized spacial score (nSPS) is 30.5. The van der Waals surface area contributed by atoms with E-state index in [1.54, 1.807) is 7.11 Å². The molecule has 1 saturated carbocycles. The highest BCUT2D eigenvalue weighted by Gasteiger charge is 2.38. The first kappa shape index (κ1) is 15.3. The number of nitrogens with two attached hydrogens (primary N) is 1. The van der Waals surface area contributed by atoms with Crippen LogP contribution in [0, 0.1) is 11.8 Å². The summed E-state index contributed by atoms with van der Waals surface area (Å²) in [5, 5.41) is 3.24. The smallest absolute Gasteiger partial charge is 0.0753 e. The van der Waals surface area contributed by atoms with E-state index in [1.807, 2.05) is 19.4 Å². The van der Waals surface area contributed by atoms with Gasteiger partial charge in [-0.3, -0.25) is 4.98 Å². The Kier molecular flexibility index (Phi) is 5.00. The number of rotatable bonds is 4. The van der Waals surface area contributed by atoms with Gasteiger partial charge in [0.1, 0.15) is 0 Å². The molecule has 112 valence electrons. The van der Waals surface area contributed by atoms with Crippen LogP contribution < -0.4 is 11.1 Å². The van der Waals surface area contributed by atoms with Crippen LogP contribution in [0.15, 0.2) is 18.5 Å². The standard InChI is InChI=1S/C16H27N3O/c1-10(2)13-7-11(8-14(17)16(13)20-4)12-5-6-19-9-15(12)18-3/h5-6,9-11,13-14,16,18H,7-8,17H2,1-4H3. The molecule has 0 amide bonds. The monoisotopic (exact) mass is 277 g/mol. The minimum atomic E-state index is 0.101. The van der Waals surface area contributed by atoms with Crippen LogP contribution in [0.2, 0.25) is 0 Å². The lowest BCUT2D eigenvalue weighted by molar-refractivity contribution is -0.0146. The molecule has 0 aromatic carbocycles. The second-order valence-electron chi connectivity index (χ2n) is 6.15. The first-order valence-electron chi connectivity index (χ1n) is 7.48. The van der Waals surface area contributed by atoms with E-state index in [2.05, 4.69) is 30.2 Å². The largest absolute Gasteiger partial charge is 0.387 e. The molecule has 1 aliphatic carbocycles. The lowest BCUT2D eigenvalue weighted by atomic mass is 9.70. The molecule has 1 fully saturated rings. The fourth-order valence-corrected chi connectivity index (χ4v) is 3.56. The van der Waals surface area contributed by atoms with Crippen LogP contribution in [0.3, 0.4) is 0 Å². The van der Waals surface area contributed by atoms with E-state index < -0.39 is 0 Å². The summed E-state index contributed by atoms with van der Waals surface area (Å²) in [6, 6.07) is 2.22. The highest BCUT2D eigenvalue weighted by Crippen LogP contribution is 2.41. The Morgan fingerprint density at radius 2 is 2.15 bits per heavy atom. The van der Waals surface area contributed by atoms with Crippen LogP contribution in [0.1, 0.15) is 38.2 Å². The predicted octanol–water partition coefficient (Wildman–Crippen LogP) is 2.62. The zero-order valence-corrected chi connectivity index (χ0v) is 13.0. The van der Waals surface area contributed by atoms with Gasteiger partial charge in [-0.05, 0) is 42.2 Å². The number of nitrogens with one attached hydrogen (secondary N) is 1. The maximum Gasteiger partial charge on any atom is 0.0753 e. The van der Waals surface area contributed by atoms with E-state index in [-0.39, 0.29) is 12.1 Å². The first-order valence-corrected chi connectivity index (χ1v) is 7.48. The quantitative estimate of drug-likeness (QED) is 0.888. The average Bonchev–Trinajstić information content (AvgIpc) is 2.46. The molecule has 20 heavy (non-hydrogen) atoms. The van der Waals surface area contributed by atoms with Gasteiger partial charge >= 0.3 is 0 Å². The third-order valence-corrected chi connectivity index (χ3v) is 4.65. The van der Waals surface area contributed by atoms with Gasteiger partial charge in [0.25, 0.3) is 0 Å². The second kappa shape index (κ2) is 6.55. The Hall–Kier alpha value is -1.13. The molecule has 4 nitrogen and oxygen atoms in total. The number of pyridine rings is 1. The third-order valence-electron chi connectivity index (χ3n) is 4.65. The number of hydrogen-bond acceptors (Lipinski definition) is 4. The molecular weight excluding hydrogens is 250 g/mol. The zero-order chi connectivity index (χ0) is 14.7. The Bertz CT molecular complexity index is 435. The van der Waals surface area contributed by atoms with E-state index in [0.717, 1.165) is 18.5 Å². The summed E-state index contributed by atoms with van der Waals surface area (Å²) in [5.74, 6) is 1.56. The van der Waals surface area contributed by atoms with E-state index >= 15 is 0 Å². The molecule has 4 unspecified atom stereocenters. The Labute approximate surface area is 122 Å². The number of aromatic nitrogens is 1. The molecule has 0 saturated heterocycles. The van der Waals surface area contributed by atoms with Crippen LogP contribution in [0.5, 0.6) is 0 Å². The lowest BCUT2D eigenvalue weighted by Crippen LogP contribution is -2.48. The summed E-state index contributed by atoms with van der Waals surface area (Å²) < 4.78 is 5.67. The maximum atomic E-state index is 6.38. The van der Waals surface area contributed by atoms with Crippen LogP contribution in [-0.4, -0.2) is 31.3 Å². The zero-order valence-electron chi connectivity index (χ0n) is 13.0. The van der Waals surface area contributed by atoms with Gasteiger partial charge < -0.3 is 15.8 Å². The van der Waals surface area contributed by atoms with Crippen molar-refractivity contribution in [2.24, 2.45) is 17.6 Å². The molecule has 0 radical (unpaired) electrons. The van der Waals surface area contributed by atoms with Crippen molar-refractivity contribution in [2.75, 3.05) is 19.5 Å². The van der Waals surface area contributed by atoms with Crippen LogP contribution in [0.25, 0.3) is 0 Å². The molecule has 3 N–H and O–H groups in total. The van der Waals surface area contributed by atoms with Crippen molar-refractivity contribution in [1.82, 2.24) is 4.98 Å². The van der Waals surface area contributed by atoms with Crippen molar-refractivity contribution in [3.8, 4) is 0 Å². The van der Waals surface area contributed by atoms with E-state index in [1.165, 1.54) is 5.56 Å². The van der Waals surface area contributed by atoms with Gasteiger partial charge in [-0.1, -0.05) is 13.8 Å². The molecule has 1 aromatic heterocycles. The van der Waals surface area contributed by atoms with E-state index in [4.69, 9.17) is 10.5 Å². The van der Waals surface area contributed by atoms with Gasteiger partial charge in [-0.25, -0.2) is 0 Å². The van der Waals surface area contributed by atoms with Gasteiger partial charge in [0.15, 0.2) is 0 Å². The summed E-state index contributed by atoms with van der Waals surface area (Å²) in [4.78, 5) is 4.20. The van der Waals surface area contributed by atoms with Gasteiger partial charge in [-0.15, -0.1) is 0 Å². The summed E-state index contributed by atoms with van der Waals surface area (Å²) >= 11 is 0. The topological polar surface area (TPSA) is 60.2 Å². The minimum absolute atomic E-state index is 0.101. The third kappa shape index (κ3) is 2.96. The van der Waals surface area contributed by atoms with Crippen molar-refractivity contribution >= 4 is 5.69 Å². The first-order chi connectivity index (χ1) is 9.58. The predicted molar refractivity (Wildman–Crippen MR) is 82.9 cm³/mol. The fourth-order valence-electron chi connectivity index (χ4n) is 3.56. The van der Waals surface area contributed by atoms with E-state index in [9.17, 15) is 0 Å². The van der Waals surface area contributed by atoms with Crippen molar-refractivity contribution < 1.29 is 4.74 Å². The van der Waals surface area contributed by atoms with Crippen LogP contribution >= 0.6 is 0 Å². The number of methoxy groups -OCH3 is 1. The van der Waals surface area contributed by atoms with Gasteiger partial charge in [-0.2, -0.15) is 0 Å². The van der Waals surface area contributed by atoms with Crippen LogP contribution in [0.4, 0.5) is 5.69 Å². The highest BCUT2D eigenvalue weighted by molar-refractivity contribution is 5.50. The summed E-state index contributed by atoms with van der Waals surface area (Å²) in [6.07, 6.45) is 6.04. The molecule has 0 aliphatic heterocycles. The number of hydrogen-bond donors (Lipinski definition) is 2. The lowest BCUT2D eigenvalue weighted by Gasteiger charge is -2.42.